The number of hydrogen-bond donors (Lipinski definition) is 1. The van der Waals surface area contributed by atoms with Crippen molar-refractivity contribution in [3.05, 3.63) is 47.5 Å². The van der Waals surface area contributed by atoms with E-state index in [9.17, 15) is 0 Å². The molecule has 108 valence electrons. The maximum atomic E-state index is 4.48. The molecule has 3 heteroatoms. The van der Waals surface area contributed by atoms with Crippen LogP contribution in [-0.4, -0.2) is 16.1 Å². The molecule has 0 unspecified atom stereocenters. The van der Waals surface area contributed by atoms with Gasteiger partial charge in [-0.1, -0.05) is 31.5 Å². The standard InChI is InChI=1S/C17H25N3/c1-4-6-17-19-10-11-20(17)16-8-7-14(3)12-15(16)13-18-9-5-2/h7-8,10-12,18H,4-6,9,13H2,1-3H3. The van der Waals surface area contributed by atoms with Gasteiger partial charge in [-0.25, -0.2) is 4.98 Å². The Labute approximate surface area is 122 Å². The largest absolute Gasteiger partial charge is 0.313 e. The average molecular weight is 271 g/mol. The molecule has 1 aromatic carbocycles. The summed E-state index contributed by atoms with van der Waals surface area (Å²) >= 11 is 0. The van der Waals surface area contributed by atoms with E-state index in [-0.39, 0.29) is 0 Å². The summed E-state index contributed by atoms with van der Waals surface area (Å²) in [6, 6.07) is 6.65. The molecule has 1 heterocycles. The fourth-order valence-electron chi connectivity index (χ4n) is 2.45. The van der Waals surface area contributed by atoms with Gasteiger partial charge in [0.15, 0.2) is 0 Å². The van der Waals surface area contributed by atoms with Crippen molar-refractivity contribution in [2.24, 2.45) is 0 Å². The number of nitrogens with zero attached hydrogens (tertiary/aromatic N) is 2. The number of aryl methyl sites for hydroxylation is 2. The van der Waals surface area contributed by atoms with Gasteiger partial charge in [0.1, 0.15) is 5.82 Å². The fourth-order valence-corrected chi connectivity index (χ4v) is 2.45. The molecule has 0 atom stereocenters. The van der Waals surface area contributed by atoms with Gasteiger partial charge in [0.25, 0.3) is 0 Å². The molecule has 0 aliphatic rings. The predicted octanol–water partition coefficient (Wildman–Crippen LogP) is 3.63. The van der Waals surface area contributed by atoms with Gasteiger partial charge < -0.3 is 9.88 Å². The van der Waals surface area contributed by atoms with Crippen LogP contribution in [0.15, 0.2) is 30.6 Å². The molecule has 0 saturated carbocycles. The zero-order valence-corrected chi connectivity index (χ0v) is 12.8. The third-order valence-corrected chi connectivity index (χ3v) is 3.43. The lowest BCUT2D eigenvalue weighted by molar-refractivity contribution is 0.671. The van der Waals surface area contributed by atoms with Gasteiger partial charge in [-0.2, -0.15) is 0 Å². The molecule has 2 aromatic rings. The number of nitrogens with one attached hydrogen (secondary N) is 1. The van der Waals surface area contributed by atoms with Crippen molar-refractivity contribution in [2.75, 3.05) is 6.54 Å². The van der Waals surface area contributed by atoms with Crippen molar-refractivity contribution < 1.29 is 0 Å². The van der Waals surface area contributed by atoms with Gasteiger partial charge in [0.2, 0.25) is 0 Å². The Bertz CT molecular complexity index is 543. The van der Waals surface area contributed by atoms with Gasteiger partial charge in [0.05, 0.1) is 5.69 Å². The summed E-state index contributed by atoms with van der Waals surface area (Å²) in [6.45, 7) is 8.50. The van der Waals surface area contributed by atoms with Crippen molar-refractivity contribution in [3.8, 4) is 5.69 Å². The lowest BCUT2D eigenvalue weighted by atomic mass is 10.1. The van der Waals surface area contributed by atoms with Crippen LogP contribution in [0.3, 0.4) is 0 Å². The summed E-state index contributed by atoms with van der Waals surface area (Å²) in [5.41, 5.74) is 3.90. The number of hydrogen-bond acceptors (Lipinski definition) is 2. The third kappa shape index (κ3) is 3.48. The van der Waals surface area contributed by atoms with E-state index in [1.807, 2.05) is 6.20 Å². The van der Waals surface area contributed by atoms with E-state index in [0.29, 0.717) is 0 Å². The molecule has 0 bridgehead atoms. The maximum absolute atomic E-state index is 4.48. The second kappa shape index (κ2) is 7.25. The molecular weight excluding hydrogens is 246 g/mol. The van der Waals surface area contributed by atoms with Crippen molar-refractivity contribution >= 4 is 0 Å². The first kappa shape index (κ1) is 14.8. The normalized spacial score (nSPS) is 10.9. The van der Waals surface area contributed by atoms with Gasteiger partial charge in [-0.05, 0) is 37.9 Å². The van der Waals surface area contributed by atoms with E-state index in [1.165, 1.54) is 16.8 Å². The van der Waals surface area contributed by atoms with E-state index in [1.54, 1.807) is 0 Å². The van der Waals surface area contributed by atoms with Crippen LogP contribution >= 0.6 is 0 Å². The minimum Gasteiger partial charge on any atom is -0.313 e. The number of benzene rings is 1. The molecule has 0 aliphatic carbocycles. The van der Waals surface area contributed by atoms with Crippen LogP contribution in [0.1, 0.15) is 43.6 Å². The van der Waals surface area contributed by atoms with Gasteiger partial charge >= 0.3 is 0 Å². The molecule has 1 N–H and O–H groups in total. The SMILES string of the molecule is CCCNCc1cc(C)ccc1-n1ccnc1CCC. The first-order valence-electron chi connectivity index (χ1n) is 7.59. The number of imidazole rings is 1. The van der Waals surface area contributed by atoms with Gasteiger partial charge in [-0.15, -0.1) is 0 Å². The lowest BCUT2D eigenvalue weighted by Crippen LogP contribution is -2.16. The Morgan fingerprint density at radius 1 is 1.20 bits per heavy atom. The number of rotatable bonds is 7. The van der Waals surface area contributed by atoms with E-state index >= 15 is 0 Å². The molecular formula is C17H25N3. The maximum Gasteiger partial charge on any atom is 0.113 e. The molecule has 0 amide bonds. The highest BCUT2D eigenvalue weighted by Crippen LogP contribution is 2.19. The molecule has 1 aromatic heterocycles. The summed E-state index contributed by atoms with van der Waals surface area (Å²) in [5, 5.41) is 3.50. The van der Waals surface area contributed by atoms with Crippen LogP contribution < -0.4 is 5.32 Å². The minimum atomic E-state index is 0.911. The molecule has 0 spiro atoms. The first-order valence-corrected chi connectivity index (χ1v) is 7.59. The van der Waals surface area contributed by atoms with Crippen LogP contribution in [0.5, 0.6) is 0 Å². The Morgan fingerprint density at radius 2 is 2.05 bits per heavy atom. The quantitative estimate of drug-likeness (QED) is 0.779. The molecule has 2 rings (SSSR count). The van der Waals surface area contributed by atoms with E-state index in [2.05, 4.69) is 60.0 Å². The molecule has 0 radical (unpaired) electrons. The highest BCUT2D eigenvalue weighted by Gasteiger charge is 2.09. The van der Waals surface area contributed by atoms with Crippen LogP contribution in [0, 0.1) is 6.92 Å². The third-order valence-electron chi connectivity index (χ3n) is 3.43. The lowest BCUT2D eigenvalue weighted by Gasteiger charge is -2.14. The Balaban J connectivity index is 2.31. The number of aromatic nitrogens is 2. The molecule has 0 aliphatic heterocycles. The smallest absolute Gasteiger partial charge is 0.113 e. The van der Waals surface area contributed by atoms with E-state index in [4.69, 9.17) is 0 Å². The van der Waals surface area contributed by atoms with E-state index < -0.39 is 0 Å². The monoisotopic (exact) mass is 271 g/mol. The summed E-state index contributed by atoms with van der Waals surface area (Å²) in [5.74, 6) is 1.15. The van der Waals surface area contributed by atoms with Crippen LogP contribution in [-0.2, 0) is 13.0 Å². The summed E-state index contributed by atoms with van der Waals surface area (Å²) < 4.78 is 2.23. The van der Waals surface area contributed by atoms with Crippen LogP contribution in [0.4, 0.5) is 0 Å². The van der Waals surface area contributed by atoms with Gasteiger partial charge in [0, 0.05) is 25.4 Å². The van der Waals surface area contributed by atoms with Crippen LogP contribution in [0.2, 0.25) is 0 Å². The zero-order valence-electron chi connectivity index (χ0n) is 12.8. The van der Waals surface area contributed by atoms with Crippen molar-refractivity contribution in [2.45, 2.75) is 46.6 Å². The van der Waals surface area contributed by atoms with Crippen molar-refractivity contribution in [3.63, 3.8) is 0 Å². The highest BCUT2D eigenvalue weighted by atomic mass is 15.1. The summed E-state index contributed by atoms with van der Waals surface area (Å²) in [7, 11) is 0. The second-order valence-electron chi connectivity index (χ2n) is 5.27. The average Bonchev–Trinajstić information content (AvgIpc) is 2.88. The zero-order chi connectivity index (χ0) is 14.4. The highest BCUT2D eigenvalue weighted by molar-refractivity contribution is 5.44. The molecule has 3 nitrogen and oxygen atoms in total. The molecule has 20 heavy (non-hydrogen) atoms. The Morgan fingerprint density at radius 3 is 2.80 bits per heavy atom. The van der Waals surface area contributed by atoms with Crippen molar-refractivity contribution in [1.29, 1.82) is 0 Å². The topological polar surface area (TPSA) is 29.9 Å². The Hall–Kier alpha value is -1.61. The molecule has 0 saturated heterocycles. The predicted molar refractivity (Wildman–Crippen MR) is 84.3 cm³/mol. The second-order valence-corrected chi connectivity index (χ2v) is 5.27. The van der Waals surface area contributed by atoms with Crippen molar-refractivity contribution in [1.82, 2.24) is 14.9 Å². The minimum absolute atomic E-state index is 0.911. The Kier molecular flexibility index (Phi) is 5.36. The first-order chi connectivity index (χ1) is 9.76. The molecule has 0 fully saturated rings. The van der Waals surface area contributed by atoms with Crippen LogP contribution in [0.25, 0.3) is 5.69 Å². The summed E-state index contributed by atoms with van der Waals surface area (Å²) in [4.78, 5) is 4.48. The van der Waals surface area contributed by atoms with Gasteiger partial charge in [-0.3, -0.25) is 0 Å². The van der Waals surface area contributed by atoms with E-state index in [0.717, 1.165) is 38.2 Å². The fraction of sp³-hybridized carbons (Fsp3) is 0.471. The summed E-state index contributed by atoms with van der Waals surface area (Å²) in [6.07, 6.45) is 7.26.